The molecule has 1 fully saturated rings. The molecule has 0 bridgehead atoms. The molecular weight excluding hydrogens is 383 g/mol. The molecule has 1 N–H and O–H groups in total. The number of nitrogens with one attached hydrogen (secondary N) is 1. The number of hydrogen-bond acceptors (Lipinski definition) is 5. The van der Waals surface area contributed by atoms with E-state index >= 15 is 0 Å². The number of carbonyl (C=O) groups is 1. The van der Waals surface area contributed by atoms with Crippen LogP contribution in [0.2, 0.25) is 0 Å². The fraction of sp³-hybridized carbons (Fsp3) is 0.409. The first-order valence-electron chi connectivity index (χ1n) is 10.2. The first-order valence-corrected chi connectivity index (χ1v) is 10.2. The average molecular weight is 410 g/mol. The Morgan fingerprint density at radius 1 is 1.23 bits per heavy atom. The number of halogens is 1. The maximum absolute atomic E-state index is 13.3. The van der Waals surface area contributed by atoms with Crippen molar-refractivity contribution in [2.75, 3.05) is 31.5 Å². The van der Waals surface area contributed by atoms with Gasteiger partial charge in [-0.05, 0) is 43.7 Å². The van der Waals surface area contributed by atoms with E-state index in [4.69, 9.17) is 0 Å². The van der Waals surface area contributed by atoms with Crippen LogP contribution in [0.25, 0.3) is 11.0 Å². The predicted molar refractivity (Wildman–Crippen MR) is 115 cm³/mol. The number of nitrogens with zero attached hydrogens (tertiary/aromatic N) is 5. The largest absolute Gasteiger partial charge is 0.325 e. The molecule has 2 aromatic heterocycles. The van der Waals surface area contributed by atoms with Gasteiger partial charge in [0.25, 0.3) is 0 Å². The van der Waals surface area contributed by atoms with Crippen molar-refractivity contribution in [3.05, 3.63) is 53.6 Å². The van der Waals surface area contributed by atoms with Gasteiger partial charge in [-0.25, -0.2) is 9.37 Å². The van der Waals surface area contributed by atoms with Crippen molar-refractivity contribution in [2.24, 2.45) is 7.05 Å². The molecule has 3 heterocycles. The predicted octanol–water partition coefficient (Wildman–Crippen LogP) is 2.56. The van der Waals surface area contributed by atoms with Gasteiger partial charge in [-0.15, -0.1) is 0 Å². The van der Waals surface area contributed by atoms with E-state index in [1.165, 1.54) is 17.7 Å². The quantitative estimate of drug-likeness (QED) is 0.700. The number of aromatic nitrogens is 3. The van der Waals surface area contributed by atoms with Gasteiger partial charge in [-0.2, -0.15) is 5.10 Å². The maximum Gasteiger partial charge on any atom is 0.241 e. The van der Waals surface area contributed by atoms with Crippen LogP contribution in [0.5, 0.6) is 0 Å². The average Bonchev–Trinajstić information content (AvgIpc) is 3.01. The smallest absolute Gasteiger partial charge is 0.241 e. The first-order chi connectivity index (χ1) is 14.4. The number of fused-ring (bicyclic) bond motifs is 1. The molecule has 158 valence electrons. The highest BCUT2D eigenvalue weighted by atomic mass is 19.1. The minimum Gasteiger partial charge on any atom is -0.325 e. The molecule has 4 rings (SSSR count). The molecule has 0 spiro atoms. The molecule has 30 heavy (non-hydrogen) atoms. The molecule has 3 aromatic rings. The Balaban J connectivity index is 1.32. The van der Waals surface area contributed by atoms with E-state index in [0.29, 0.717) is 5.69 Å². The third-order valence-corrected chi connectivity index (χ3v) is 5.75. The number of amides is 1. The van der Waals surface area contributed by atoms with E-state index in [1.54, 1.807) is 12.1 Å². The van der Waals surface area contributed by atoms with Crippen LogP contribution in [0.1, 0.15) is 18.2 Å². The van der Waals surface area contributed by atoms with E-state index in [-0.39, 0.29) is 17.8 Å². The fourth-order valence-electron chi connectivity index (χ4n) is 3.98. The Morgan fingerprint density at radius 3 is 2.73 bits per heavy atom. The number of piperazine rings is 1. The number of aryl methyl sites for hydroxylation is 2. The molecule has 7 nitrogen and oxygen atoms in total. The van der Waals surface area contributed by atoms with E-state index in [9.17, 15) is 9.18 Å². The van der Waals surface area contributed by atoms with Crippen LogP contribution in [0.4, 0.5) is 10.1 Å². The highest BCUT2D eigenvalue weighted by Gasteiger charge is 2.26. The molecule has 1 aromatic carbocycles. The molecule has 1 aliphatic rings. The van der Waals surface area contributed by atoms with Crippen LogP contribution in [0, 0.1) is 12.7 Å². The minimum absolute atomic E-state index is 0.115. The maximum atomic E-state index is 13.3. The van der Waals surface area contributed by atoms with Crippen molar-refractivity contribution in [1.82, 2.24) is 24.6 Å². The van der Waals surface area contributed by atoms with E-state index in [1.807, 2.05) is 31.8 Å². The zero-order valence-corrected chi connectivity index (χ0v) is 17.6. The molecular formula is C22H27FN6O. The molecule has 8 heteroatoms. The minimum atomic E-state index is -0.358. The number of anilines is 1. The summed E-state index contributed by atoms with van der Waals surface area (Å²) >= 11 is 0. The first kappa shape index (κ1) is 20.4. The molecule has 0 saturated carbocycles. The van der Waals surface area contributed by atoms with Gasteiger partial charge in [0.1, 0.15) is 5.82 Å². The lowest BCUT2D eigenvalue weighted by Crippen LogP contribution is -2.52. The van der Waals surface area contributed by atoms with Gasteiger partial charge in [-0.1, -0.05) is 6.07 Å². The Kier molecular flexibility index (Phi) is 5.78. The third-order valence-electron chi connectivity index (χ3n) is 5.75. The Bertz CT molecular complexity index is 1060. The number of pyridine rings is 1. The van der Waals surface area contributed by atoms with Gasteiger partial charge in [0.15, 0.2) is 5.65 Å². The second-order valence-corrected chi connectivity index (χ2v) is 7.91. The lowest BCUT2D eigenvalue weighted by Gasteiger charge is -2.37. The van der Waals surface area contributed by atoms with E-state index < -0.39 is 0 Å². The van der Waals surface area contributed by atoms with Crippen LogP contribution in [-0.2, 0) is 18.4 Å². The number of rotatable bonds is 5. The van der Waals surface area contributed by atoms with Crippen molar-refractivity contribution in [1.29, 1.82) is 0 Å². The number of hydrogen-bond donors (Lipinski definition) is 1. The van der Waals surface area contributed by atoms with Crippen molar-refractivity contribution in [2.45, 2.75) is 26.4 Å². The Labute approximate surface area is 175 Å². The third kappa shape index (κ3) is 4.34. The lowest BCUT2D eigenvalue weighted by molar-refractivity contribution is -0.121. The lowest BCUT2D eigenvalue weighted by atomic mass is 10.1. The number of carbonyl (C=O) groups excluding carboxylic acids is 1. The molecule has 1 atom stereocenters. The molecule has 1 amide bonds. The van der Waals surface area contributed by atoms with Crippen LogP contribution in [0.3, 0.4) is 0 Å². The van der Waals surface area contributed by atoms with Gasteiger partial charge in [0, 0.05) is 57.0 Å². The normalized spacial score (nSPS) is 16.7. The summed E-state index contributed by atoms with van der Waals surface area (Å²) in [5.74, 6) is -0.473. The summed E-state index contributed by atoms with van der Waals surface area (Å²) in [5.41, 5.74) is 3.55. The fourth-order valence-corrected chi connectivity index (χ4v) is 3.98. The van der Waals surface area contributed by atoms with Crippen LogP contribution < -0.4 is 5.32 Å². The SMILES string of the molecule is Cc1nn(C)c2ncc(CN3CCN(C(C)C(=O)Nc4cccc(F)c4)CC3)cc12. The summed E-state index contributed by atoms with van der Waals surface area (Å²) in [6, 6.07) is 7.88. The second-order valence-electron chi connectivity index (χ2n) is 7.91. The van der Waals surface area contributed by atoms with Gasteiger partial charge < -0.3 is 5.32 Å². The zero-order valence-electron chi connectivity index (χ0n) is 17.6. The standard InChI is InChI=1S/C22H27FN6O/c1-15-20-11-17(13-24-21(20)27(3)26-15)14-28-7-9-29(10-8-28)16(2)22(30)25-19-6-4-5-18(23)12-19/h4-6,11-13,16H,7-10,14H2,1-3H3,(H,25,30). The van der Waals surface area contributed by atoms with Crippen LogP contribution in [-0.4, -0.2) is 62.7 Å². The molecule has 0 aliphatic carbocycles. The van der Waals surface area contributed by atoms with E-state index in [2.05, 4.69) is 31.3 Å². The zero-order chi connectivity index (χ0) is 21.3. The van der Waals surface area contributed by atoms with Gasteiger partial charge in [0.2, 0.25) is 5.91 Å². The summed E-state index contributed by atoms with van der Waals surface area (Å²) in [7, 11) is 1.91. The monoisotopic (exact) mass is 410 g/mol. The van der Waals surface area contributed by atoms with Crippen molar-refractivity contribution in [3.8, 4) is 0 Å². The highest BCUT2D eigenvalue weighted by Crippen LogP contribution is 2.18. The molecule has 1 unspecified atom stereocenters. The van der Waals surface area contributed by atoms with Crippen LogP contribution >= 0.6 is 0 Å². The Morgan fingerprint density at radius 2 is 2.00 bits per heavy atom. The summed E-state index contributed by atoms with van der Waals surface area (Å²) in [6.45, 7) is 8.09. The van der Waals surface area contributed by atoms with Crippen molar-refractivity contribution >= 4 is 22.6 Å². The summed E-state index contributed by atoms with van der Waals surface area (Å²) in [4.78, 5) is 21.7. The van der Waals surface area contributed by atoms with Gasteiger partial charge in [0.05, 0.1) is 11.7 Å². The summed E-state index contributed by atoms with van der Waals surface area (Å²) < 4.78 is 15.1. The molecule has 1 saturated heterocycles. The summed E-state index contributed by atoms with van der Waals surface area (Å²) in [6.07, 6.45) is 1.92. The van der Waals surface area contributed by atoms with Crippen LogP contribution in [0.15, 0.2) is 36.5 Å². The van der Waals surface area contributed by atoms with Crippen molar-refractivity contribution < 1.29 is 9.18 Å². The second kappa shape index (κ2) is 8.49. The topological polar surface area (TPSA) is 66.3 Å². The highest BCUT2D eigenvalue weighted by molar-refractivity contribution is 5.94. The van der Waals surface area contributed by atoms with Gasteiger partial charge in [-0.3, -0.25) is 19.3 Å². The molecule has 1 aliphatic heterocycles. The van der Waals surface area contributed by atoms with Gasteiger partial charge >= 0.3 is 0 Å². The number of benzene rings is 1. The summed E-state index contributed by atoms with van der Waals surface area (Å²) in [5, 5.41) is 8.33. The molecule has 0 radical (unpaired) electrons. The van der Waals surface area contributed by atoms with E-state index in [0.717, 1.165) is 49.5 Å². The Hall–Kier alpha value is -2.84. The van der Waals surface area contributed by atoms with Crippen molar-refractivity contribution in [3.63, 3.8) is 0 Å².